The predicted molar refractivity (Wildman–Crippen MR) is 71.9 cm³/mol. The highest BCUT2D eigenvalue weighted by molar-refractivity contribution is 7.14. The summed E-state index contributed by atoms with van der Waals surface area (Å²) in [4.78, 5) is 26.3. The number of hydrogen-bond donors (Lipinski definition) is 0. The Hall–Kier alpha value is -2.54. The Morgan fingerprint density at radius 2 is 1.95 bits per heavy atom. The highest BCUT2D eigenvalue weighted by Crippen LogP contribution is 2.23. The van der Waals surface area contributed by atoms with E-state index in [0.717, 1.165) is 0 Å². The van der Waals surface area contributed by atoms with Crippen molar-refractivity contribution in [3.8, 4) is 5.69 Å². The van der Waals surface area contributed by atoms with E-state index in [1.165, 1.54) is 27.6 Å². The molecule has 0 fully saturated rings. The van der Waals surface area contributed by atoms with Gasteiger partial charge in [-0.15, -0.1) is 0 Å². The van der Waals surface area contributed by atoms with Crippen molar-refractivity contribution in [2.75, 3.05) is 0 Å². The summed E-state index contributed by atoms with van der Waals surface area (Å²) in [5.74, 6) is 0. The maximum atomic E-state index is 12.2. The lowest BCUT2D eigenvalue weighted by atomic mass is 10.2. The van der Waals surface area contributed by atoms with E-state index in [4.69, 9.17) is 0 Å². The number of benzene rings is 1. The third kappa shape index (κ3) is 1.89. The van der Waals surface area contributed by atoms with E-state index in [2.05, 4.69) is 4.98 Å². The van der Waals surface area contributed by atoms with Crippen LogP contribution in [0, 0.1) is 10.1 Å². The lowest BCUT2D eigenvalue weighted by molar-refractivity contribution is -0.384. The average molecular weight is 273 g/mol. The molecule has 0 radical (unpaired) electrons. The summed E-state index contributed by atoms with van der Waals surface area (Å²) in [6.07, 6.45) is 3.18. The van der Waals surface area contributed by atoms with Crippen molar-refractivity contribution in [3.63, 3.8) is 0 Å². The predicted octanol–water partition coefficient (Wildman–Crippen LogP) is 2.36. The minimum absolute atomic E-state index is 0.0794. The first-order chi connectivity index (χ1) is 9.16. The summed E-state index contributed by atoms with van der Waals surface area (Å²) in [6.45, 7) is 0. The van der Waals surface area contributed by atoms with Crippen LogP contribution in [0.25, 0.3) is 15.8 Å². The van der Waals surface area contributed by atoms with Gasteiger partial charge in [0.15, 0.2) is 0 Å². The Kier molecular flexibility index (Phi) is 2.60. The molecule has 0 spiro atoms. The van der Waals surface area contributed by atoms with Gasteiger partial charge in [0.05, 0.1) is 20.7 Å². The molecule has 0 bridgehead atoms. The van der Waals surface area contributed by atoms with Gasteiger partial charge in [0.2, 0.25) is 0 Å². The number of hydrogen-bond acceptors (Lipinski definition) is 5. The van der Waals surface area contributed by atoms with Gasteiger partial charge in [-0.1, -0.05) is 11.5 Å². The second-order valence-corrected chi connectivity index (χ2v) is 4.82. The van der Waals surface area contributed by atoms with Crippen LogP contribution in [0.2, 0.25) is 0 Å². The Morgan fingerprint density at radius 1 is 1.21 bits per heavy atom. The Balaban J connectivity index is 2.27. The highest BCUT2D eigenvalue weighted by atomic mass is 32.1. The molecule has 0 unspecified atom stereocenters. The molecule has 3 aromatic rings. The summed E-state index contributed by atoms with van der Waals surface area (Å²) in [5.41, 5.74) is 0.364. The van der Waals surface area contributed by atoms with Crippen LogP contribution in [-0.2, 0) is 0 Å². The van der Waals surface area contributed by atoms with Crippen LogP contribution < -0.4 is 5.56 Å². The molecule has 0 N–H and O–H groups in total. The summed E-state index contributed by atoms with van der Waals surface area (Å²) in [7, 11) is 0. The van der Waals surface area contributed by atoms with Crippen molar-refractivity contribution in [1.29, 1.82) is 0 Å². The second-order valence-electron chi connectivity index (χ2n) is 3.83. The fourth-order valence-electron chi connectivity index (χ4n) is 1.78. The third-order valence-corrected chi connectivity index (χ3v) is 3.79. The smallest absolute Gasteiger partial charge is 0.267 e. The molecule has 19 heavy (non-hydrogen) atoms. The van der Waals surface area contributed by atoms with Crippen molar-refractivity contribution < 1.29 is 4.92 Å². The van der Waals surface area contributed by atoms with Crippen molar-refractivity contribution in [1.82, 2.24) is 8.94 Å². The summed E-state index contributed by atoms with van der Waals surface area (Å²) in [5, 5.41) is 11.1. The number of nitro benzene ring substituents is 1. The average Bonchev–Trinajstić information content (AvgIpc) is 2.77. The van der Waals surface area contributed by atoms with E-state index < -0.39 is 4.92 Å². The molecule has 6 nitrogen and oxygen atoms in total. The highest BCUT2D eigenvalue weighted by Gasteiger charge is 2.13. The van der Waals surface area contributed by atoms with Gasteiger partial charge in [-0.05, 0) is 18.2 Å². The van der Waals surface area contributed by atoms with Crippen LogP contribution in [0.3, 0.4) is 0 Å². The molecule has 0 saturated heterocycles. The van der Waals surface area contributed by atoms with E-state index in [1.807, 2.05) is 0 Å². The summed E-state index contributed by atoms with van der Waals surface area (Å²) >= 11 is 1.25. The Bertz CT molecular complexity index is 823. The zero-order valence-electron chi connectivity index (χ0n) is 9.52. The van der Waals surface area contributed by atoms with Gasteiger partial charge >= 0.3 is 0 Å². The standard InChI is InChI=1S/C12H7N3O3S/c16-12-10-7-9(15(17)18)1-2-11(10)19-14(12)8-3-5-13-6-4-8/h1-7H. The number of nitro groups is 1. The number of nitrogens with zero attached hydrogens (tertiary/aromatic N) is 3. The molecule has 0 aliphatic rings. The Labute approximate surface area is 110 Å². The van der Waals surface area contributed by atoms with E-state index in [0.29, 0.717) is 15.8 Å². The number of rotatable bonds is 2. The zero-order valence-corrected chi connectivity index (χ0v) is 10.3. The normalized spacial score (nSPS) is 10.7. The topological polar surface area (TPSA) is 78.0 Å². The van der Waals surface area contributed by atoms with Crippen LogP contribution in [0.15, 0.2) is 47.5 Å². The molecule has 2 heterocycles. The van der Waals surface area contributed by atoms with Crippen LogP contribution in [0.5, 0.6) is 0 Å². The lowest BCUT2D eigenvalue weighted by Crippen LogP contribution is -2.10. The first-order valence-electron chi connectivity index (χ1n) is 5.38. The SMILES string of the molecule is O=c1c2cc([N+](=O)[O-])ccc2sn1-c1ccncc1. The Morgan fingerprint density at radius 3 is 2.63 bits per heavy atom. The molecule has 2 aromatic heterocycles. The number of aromatic nitrogens is 2. The lowest BCUT2D eigenvalue weighted by Gasteiger charge is -1.96. The van der Waals surface area contributed by atoms with Gasteiger partial charge in [-0.3, -0.25) is 19.9 Å². The van der Waals surface area contributed by atoms with Gasteiger partial charge in [-0.25, -0.2) is 3.96 Å². The van der Waals surface area contributed by atoms with Crippen LogP contribution in [0.1, 0.15) is 0 Å². The van der Waals surface area contributed by atoms with E-state index >= 15 is 0 Å². The van der Waals surface area contributed by atoms with Gasteiger partial charge in [0, 0.05) is 24.5 Å². The molecule has 0 saturated carbocycles. The molecule has 0 atom stereocenters. The number of non-ortho nitro benzene ring substituents is 1. The first kappa shape index (κ1) is 11.5. The van der Waals surface area contributed by atoms with E-state index in [1.54, 1.807) is 30.6 Å². The van der Waals surface area contributed by atoms with Gasteiger partial charge in [0.25, 0.3) is 11.2 Å². The third-order valence-electron chi connectivity index (χ3n) is 2.68. The van der Waals surface area contributed by atoms with E-state index in [9.17, 15) is 14.9 Å². The second kappa shape index (κ2) is 4.29. The number of fused-ring (bicyclic) bond motifs is 1. The quantitative estimate of drug-likeness (QED) is 0.530. The zero-order chi connectivity index (χ0) is 13.4. The van der Waals surface area contributed by atoms with Gasteiger partial charge < -0.3 is 0 Å². The molecule has 0 aliphatic heterocycles. The van der Waals surface area contributed by atoms with E-state index in [-0.39, 0.29) is 11.2 Å². The van der Waals surface area contributed by atoms with Crippen molar-refractivity contribution in [2.24, 2.45) is 0 Å². The van der Waals surface area contributed by atoms with Crippen molar-refractivity contribution >= 4 is 27.3 Å². The molecule has 0 aliphatic carbocycles. The molecule has 94 valence electrons. The molecule has 7 heteroatoms. The largest absolute Gasteiger partial charge is 0.273 e. The maximum absolute atomic E-state index is 12.2. The minimum Gasteiger partial charge on any atom is -0.267 e. The molecule has 3 rings (SSSR count). The minimum atomic E-state index is -0.507. The van der Waals surface area contributed by atoms with Crippen molar-refractivity contribution in [3.05, 3.63) is 63.2 Å². The molecule has 0 amide bonds. The molecular formula is C12H7N3O3S. The molecule has 1 aromatic carbocycles. The molecular weight excluding hydrogens is 266 g/mol. The van der Waals surface area contributed by atoms with Gasteiger partial charge in [0.1, 0.15) is 0 Å². The maximum Gasteiger partial charge on any atom is 0.273 e. The van der Waals surface area contributed by atoms with Crippen LogP contribution in [-0.4, -0.2) is 13.9 Å². The summed E-state index contributed by atoms with van der Waals surface area (Å²) in [6, 6.07) is 7.73. The summed E-state index contributed by atoms with van der Waals surface area (Å²) < 4.78 is 2.21. The fraction of sp³-hybridized carbons (Fsp3) is 0. The van der Waals surface area contributed by atoms with Crippen LogP contribution in [0.4, 0.5) is 5.69 Å². The van der Waals surface area contributed by atoms with Gasteiger partial charge in [-0.2, -0.15) is 0 Å². The van der Waals surface area contributed by atoms with Crippen molar-refractivity contribution in [2.45, 2.75) is 0 Å². The first-order valence-corrected chi connectivity index (χ1v) is 6.15. The van der Waals surface area contributed by atoms with Crippen LogP contribution >= 0.6 is 11.5 Å². The number of pyridine rings is 1. The monoisotopic (exact) mass is 273 g/mol. The fourth-order valence-corrected chi connectivity index (χ4v) is 2.76.